The molecular weight excluding hydrogens is 342 g/mol. The molecule has 1 aliphatic rings. The molecule has 104 valence electrons. The number of rotatable bonds is 3. The fraction of sp³-hybridized carbons (Fsp3) is 0.500. The Bertz CT molecular complexity index is 467. The number of carbonyl (C=O) groups excluding carboxylic acids is 1. The Labute approximate surface area is 132 Å². The zero-order chi connectivity index (χ0) is 13.8. The first-order valence-electron chi connectivity index (χ1n) is 6.44. The quantitative estimate of drug-likeness (QED) is 0.794. The van der Waals surface area contributed by atoms with Crippen molar-refractivity contribution < 1.29 is 4.79 Å². The number of nitrogens with one attached hydrogen (secondary N) is 1. The number of carbonyl (C=O) groups is 1. The van der Waals surface area contributed by atoms with E-state index in [0.29, 0.717) is 10.8 Å². The predicted molar refractivity (Wildman–Crippen MR) is 88.4 cm³/mol. The maximum absolute atomic E-state index is 12.4. The Morgan fingerprint density at radius 1 is 1.42 bits per heavy atom. The van der Waals surface area contributed by atoms with Gasteiger partial charge in [-0.25, -0.2) is 0 Å². The van der Waals surface area contributed by atoms with Gasteiger partial charge in [0.05, 0.1) is 5.56 Å². The van der Waals surface area contributed by atoms with Crippen LogP contribution in [-0.4, -0.2) is 23.5 Å². The van der Waals surface area contributed by atoms with Crippen molar-refractivity contribution in [2.24, 2.45) is 0 Å². The molecule has 2 nitrogen and oxygen atoms in total. The van der Waals surface area contributed by atoms with E-state index >= 15 is 0 Å². The van der Waals surface area contributed by atoms with Crippen LogP contribution in [0.3, 0.4) is 0 Å². The van der Waals surface area contributed by atoms with Crippen LogP contribution in [-0.2, 0) is 0 Å². The lowest BCUT2D eigenvalue weighted by Gasteiger charge is -2.31. The van der Waals surface area contributed by atoms with E-state index in [1.807, 2.05) is 23.9 Å². The maximum atomic E-state index is 12.4. The monoisotopic (exact) mass is 359 g/mol. The summed E-state index contributed by atoms with van der Waals surface area (Å²) in [5.41, 5.74) is 0.665. The van der Waals surface area contributed by atoms with Gasteiger partial charge in [0.25, 0.3) is 5.91 Å². The van der Waals surface area contributed by atoms with Gasteiger partial charge in [-0.15, -0.1) is 12.6 Å². The number of amides is 1. The molecule has 5 heteroatoms. The molecule has 0 spiro atoms. The van der Waals surface area contributed by atoms with Crippen LogP contribution in [0.25, 0.3) is 0 Å². The highest BCUT2D eigenvalue weighted by Gasteiger charge is 2.26. The van der Waals surface area contributed by atoms with Gasteiger partial charge in [-0.3, -0.25) is 4.79 Å². The van der Waals surface area contributed by atoms with Crippen LogP contribution >= 0.6 is 40.3 Å². The molecule has 1 aromatic rings. The molecule has 0 saturated heterocycles. The molecule has 1 fully saturated rings. The second kappa shape index (κ2) is 7.04. The predicted octanol–water partition coefficient (Wildman–Crippen LogP) is 4.14. The van der Waals surface area contributed by atoms with Crippen molar-refractivity contribution in [2.45, 2.75) is 41.9 Å². The average molecular weight is 360 g/mol. The summed E-state index contributed by atoms with van der Waals surface area (Å²) in [5, 5.41) is 3.72. The summed E-state index contributed by atoms with van der Waals surface area (Å²) < 4.78 is 0.819. The van der Waals surface area contributed by atoms with Crippen LogP contribution in [0.15, 0.2) is 27.6 Å². The summed E-state index contributed by atoms with van der Waals surface area (Å²) in [6.45, 7) is 0. The summed E-state index contributed by atoms with van der Waals surface area (Å²) in [5.74, 6) is -0.00581. The molecule has 1 saturated carbocycles. The third-order valence-corrected chi connectivity index (χ3v) is 5.66. The normalized spacial score (nSPS) is 23.1. The van der Waals surface area contributed by atoms with Crippen molar-refractivity contribution in [2.75, 3.05) is 6.26 Å². The Hall–Kier alpha value is -0.130. The molecule has 1 aromatic carbocycles. The lowest BCUT2D eigenvalue weighted by atomic mass is 9.94. The highest BCUT2D eigenvalue weighted by Crippen LogP contribution is 2.28. The zero-order valence-corrected chi connectivity index (χ0v) is 14.2. The van der Waals surface area contributed by atoms with Gasteiger partial charge < -0.3 is 5.32 Å². The maximum Gasteiger partial charge on any atom is 0.252 e. The van der Waals surface area contributed by atoms with E-state index in [9.17, 15) is 4.79 Å². The third-order valence-electron chi connectivity index (χ3n) is 3.52. The SMILES string of the molecule is CSC1CCCCC1NC(=O)c1cc(S)ccc1Br. The number of benzene rings is 1. The largest absolute Gasteiger partial charge is 0.348 e. The molecule has 0 aliphatic heterocycles. The van der Waals surface area contributed by atoms with Crippen molar-refractivity contribution in [1.29, 1.82) is 0 Å². The van der Waals surface area contributed by atoms with Crippen LogP contribution < -0.4 is 5.32 Å². The third kappa shape index (κ3) is 3.92. The van der Waals surface area contributed by atoms with E-state index in [4.69, 9.17) is 0 Å². The van der Waals surface area contributed by atoms with Gasteiger partial charge in [0.15, 0.2) is 0 Å². The van der Waals surface area contributed by atoms with Crippen molar-refractivity contribution in [1.82, 2.24) is 5.32 Å². The van der Waals surface area contributed by atoms with Crippen LogP contribution in [0.5, 0.6) is 0 Å². The minimum Gasteiger partial charge on any atom is -0.348 e. The highest BCUT2D eigenvalue weighted by atomic mass is 79.9. The Balaban J connectivity index is 2.09. The Kier molecular flexibility index (Phi) is 5.66. The molecule has 1 amide bonds. The minimum atomic E-state index is -0.00581. The minimum absolute atomic E-state index is 0.00581. The number of thiol groups is 1. The highest BCUT2D eigenvalue weighted by molar-refractivity contribution is 9.10. The van der Waals surface area contributed by atoms with Gasteiger partial charge >= 0.3 is 0 Å². The van der Waals surface area contributed by atoms with E-state index < -0.39 is 0 Å². The number of halogens is 1. The van der Waals surface area contributed by atoms with Gasteiger partial charge in [-0.1, -0.05) is 12.8 Å². The van der Waals surface area contributed by atoms with Gasteiger partial charge in [0, 0.05) is 20.7 Å². The molecule has 1 N–H and O–H groups in total. The summed E-state index contributed by atoms with van der Waals surface area (Å²) in [6.07, 6.45) is 6.87. The first-order chi connectivity index (χ1) is 9.11. The molecular formula is C14H18BrNOS2. The van der Waals surface area contributed by atoms with E-state index in [1.54, 1.807) is 6.07 Å². The molecule has 0 aromatic heterocycles. The van der Waals surface area contributed by atoms with Crippen molar-refractivity contribution in [3.63, 3.8) is 0 Å². The number of hydrogen-bond acceptors (Lipinski definition) is 3. The zero-order valence-electron chi connectivity index (χ0n) is 10.9. The standard InChI is InChI=1S/C14H18BrNOS2/c1-19-13-5-3-2-4-12(13)16-14(17)10-8-9(18)6-7-11(10)15/h6-8,12-13,18H,2-5H2,1H3,(H,16,17). The van der Waals surface area contributed by atoms with Crippen LogP contribution in [0.4, 0.5) is 0 Å². The topological polar surface area (TPSA) is 29.1 Å². The lowest BCUT2D eigenvalue weighted by molar-refractivity contribution is 0.0928. The molecule has 2 atom stereocenters. The van der Waals surface area contributed by atoms with Gasteiger partial charge in [0.1, 0.15) is 0 Å². The van der Waals surface area contributed by atoms with E-state index in [0.717, 1.165) is 15.8 Å². The molecule has 2 rings (SSSR count). The summed E-state index contributed by atoms with van der Waals surface area (Å²) in [6, 6.07) is 5.82. The molecule has 1 aliphatic carbocycles. The van der Waals surface area contributed by atoms with Crippen molar-refractivity contribution in [3.05, 3.63) is 28.2 Å². The fourth-order valence-corrected chi connectivity index (χ4v) is 4.04. The molecule has 2 unspecified atom stereocenters. The van der Waals surface area contributed by atoms with E-state index in [2.05, 4.69) is 40.1 Å². The first-order valence-corrected chi connectivity index (χ1v) is 8.97. The second-order valence-electron chi connectivity index (χ2n) is 4.80. The van der Waals surface area contributed by atoms with Crippen LogP contribution in [0, 0.1) is 0 Å². The number of hydrogen-bond donors (Lipinski definition) is 2. The molecule has 19 heavy (non-hydrogen) atoms. The fourth-order valence-electron chi connectivity index (χ4n) is 2.48. The van der Waals surface area contributed by atoms with E-state index in [1.165, 1.54) is 19.3 Å². The van der Waals surface area contributed by atoms with Gasteiger partial charge in [-0.05, 0) is 53.2 Å². The van der Waals surface area contributed by atoms with Crippen molar-refractivity contribution >= 4 is 46.2 Å². The average Bonchev–Trinajstić information content (AvgIpc) is 2.42. The summed E-state index contributed by atoms with van der Waals surface area (Å²) >= 11 is 9.58. The van der Waals surface area contributed by atoms with Gasteiger partial charge in [0.2, 0.25) is 0 Å². The smallest absolute Gasteiger partial charge is 0.252 e. The Morgan fingerprint density at radius 3 is 2.89 bits per heavy atom. The molecule has 0 bridgehead atoms. The molecule has 0 heterocycles. The molecule has 0 radical (unpaired) electrons. The summed E-state index contributed by atoms with van der Waals surface area (Å²) in [7, 11) is 0. The summed E-state index contributed by atoms with van der Waals surface area (Å²) in [4.78, 5) is 13.2. The number of thioether (sulfide) groups is 1. The Morgan fingerprint density at radius 2 is 2.16 bits per heavy atom. The second-order valence-corrected chi connectivity index (χ2v) is 7.25. The van der Waals surface area contributed by atoms with Gasteiger partial charge in [-0.2, -0.15) is 11.8 Å². The van der Waals surface area contributed by atoms with E-state index in [-0.39, 0.29) is 11.9 Å². The first kappa shape index (κ1) is 15.3. The van der Waals surface area contributed by atoms with Crippen LogP contribution in [0.2, 0.25) is 0 Å². The van der Waals surface area contributed by atoms with Crippen LogP contribution in [0.1, 0.15) is 36.0 Å². The van der Waals surface area contributed by atoms with Crippen molar-refractivity contribution in [3.8, 4) is 0 Å². The lowest BCUT2D eigenvalue weighted by Crippen LogP contribution is -2.43.